The van der Waals surface area contributed by atoms with Gasteiger partial charge in [0.05, 0.1) is 12.0 Å². The van der Waals surface area contributed by atoms with Crippen molar-refractivity contribution in [3.8, 4) is 5.75 Å². The Hall–Kier alpha value is -2.20. The number of benzene rings is 1. The molecule has 2 N–H and O–H groups in total. The van der Waals surface area contributed by atoms with Gasteiger partial charge in [-0.3, -0.25) is 15.0 Å². The number of aromatic nitrogens is 1. The second kappa shape index (κ2) is 10.7. The lowest BCUT2D eigenvalue weighted by molar-refractivity contribution is -0.135. The number of carbonyl (C=O) groups excluding carboxylic acids is 1. The van der Waals surface area contributed by atoms with Crippen molar-refractivity contribution in [1.29, 1.82) is 0 Å². The van der Waals surface area contributed by atoms with Crippen LogP contribution < -0.4 is 10.2 Å². The second-order valence-electron chi connectivity index (χ2n) is 7.05. The minimum absolute atomic E-state index is 0. The van der Waals surface area contributed by atoms with Gasteiger partial charge in [0.25, 0.3) is 5.91 Å². The first-order chi connectivity index (χ1) is 14.0. The van der Waals surface area contributed by atoms with E-state index in [4.69, 9.17) is 4.74 Å². The molecule has 10 heteroatoms. The summed E-state index contributed by atoms with van der Waals surface area (Å²) in [6, 6.07) is 8.44. The van der Waals surface area contributed by atoms with Crippen LogP contribution in [0.2, 0.25) is 0 Å². The molecule has 2 aromatic rings. The molecule has 0 spiro atoms. The third kappa shape index (κ3) is 5.28. The van der Waals surface area contributed by atoms with E-state index in [1.807, 2.05) is 0 Å². The van der Waals surface area contributed by atoms with E-state index >= 15 is 0 Å². The van der Waals surface area contributed by atoms with Crippen molar-refractivity contribution in [3.63, 3.8) is 0 Å². The van der Waals surface area contributed by atoms with Gasteiger partial charge in [0, 0.05) is 18.9 Å². The first kappa shape index (κ1) is 24.1. The molecule has 1 unspecified atom stereocenters. The number of ether oxygens (including phenoxy) is 1. The molecule has 164 valence electrons. The van der Waals surface area contributed by atoms with E-state index in [2.05, 4.69) is 4.98 Å². The van der Waals surface area contributed by atoms with Gasteiger partial charge >= 0.3 is 0 Å². The second-order valence-corrected chi connectivity index (χ2v) is 8.94. The molecule has 0 saturated heterocycles. The highest BCUT2D eigenvalue weighted by molar-refractivity contribution is 7.89. The Labute approximate surface area is 182 Å². The predicted molar refractivity (Wildman–Crippen MR) is 113 cm³/mol. The van der Waals surface area contributed by atoms with E-state index in [1.165, 1.54) is 23.5 Å². The van der Waals surface area contributed by atoms with Crippen LogP contribution in [-0.4, -0.2) is 42.0 Å². The van der Waals surface area contributed by atoms with E-state index in [1.54, 1.807) is 42.1 Å². The molecule has 1 fully saturated rings. The molecule has 0 aliphatic heterocycles. The first-order valence-corrected chi connectivity index (χ1v) is 10.9. The molecule has 1 aliphatic rings. The van der Waals surface area contributed by atoms with Crippen molar-refractivity contribution in [1.82, 2.24) is 14.8 Å². The maximum Gasteiger partial charge on any atom is 0.262 e. The Morgan fingerprint density at radius 3 is 2.33 bits per heavy atom. The lowest BCUT2D eigenvalue weighted by Crippen LogP contribution is -2.51. The molecule has 1 aliphatic carbocycles. The number of methoxy groups -OCH3 is 1. The monoisotopic (exact) mass is 455 g/mol. The Morgan fingerprint density at radius 2 is 1.80 bits per heavy atom. The molecule has 1 atom stereocenters. The fourth-order valence-corrected chi connectivity index (χ4v) is 5.44. The molecular weight excluding hydrogens is 430 g/mol. The summed E-state index contributed by atoms with van der Waals surface area (Å²) in [4.78, 5) is 16.6. The molecule has 1 heterocycles. The number of hydrogen-bond acceptors (Lipinski definition) is 6. The summed E-state index contributed by atoms with van der Waals surface area (Å²) in [5.74, 6) is -0.356. The molecule has 0 radical (unpaired) electrons. The largest absolute Gasteiger partial charge is 0.497 e. The van der Waals surface area contributed by atoms with Gasteiger partial charge in [0.2, 0.25) is 10.0 Å². The number of amides is 1. The quantitative estimate of drug-likeness (QED) is 0.468. The maximum atomic E-state index is 13.6. The van der Waals surface area contributed by atoms with Crippen LogP contribution >= 0.6 is 12.4 Å². The highest BCUT2D eigenvalue weighted by Crippen LogP contribution is 2.34. The van der Waals surface area contributed by atoms with E-state index in [9.17, 15) is 18.4 Å². The van der Waals surface area contributed by atoms with Crippen LogP contribution in [0.25, 0.3) is 0 Å². The number of halogens is 1. The standard InChI is InChI=1S/C20H25N3O5S.ClH/c1-28-17-6-8-18(9-7-17)29(26,27)23(14-15-10-12-21-13-11-15)19(20(24)22-25)16-4-2-3-5-16;/h6-13,16,19,25H,2-5,14H2,1H3,(H,22,24);1H. The molecule has 1 saturated carbocycles. The summed E-state index contributed by atoms with van der Waals surface area (Å²) in [5.41, 5.74) is 2.37. The molecule has 1 amide bonds. The Kier molecular flexibility index (Phi) is 8.60. The van der Waals surface area contributed by atoms with Crippen LogP contribution in [0.1, 0.15) is 31.2 Å². The molecule has 3 rings (SSSR count). The summed E-state index contributed by atoms with van der Waals surface area (Å²) in [5, 5.41) is 9.34. The minimum atomic E-state index is -4.03. The van der Waals surface area contributed by atoms with Crippen molar-refractivity contribution < 1.29 is 23.2 Å². The molecule has 1 aromatic carbocycles. The highest BCUT2D eigenvalue weighted by atomic mass is 35.5. The minimum Gasteiger partial charge on any atom is -0.497 e. The number of hydrogen-bond donors (Lipinski definition) is 2. The van der Waals surface area contributed by atoms with Gasteiger partial charge in [-0.25, -0.2) is 13.9 Å². The van der Waals surface area contributed by atoms with Crippen LogP contribution in [0.3, 0.4) is 0 Å². The number of pyridine rings is 1. The SMILES string of the molecule is COc1ccc(S(=O)(=O)N(Cc2ccncc2)C(C(=O)NO)C2CCCC2)cc1.Cl. The van der Waals surface area contributed by atoms with Gasteiger partial charge in [-0.1, -0.05) is 12.8 Å². The van der Waals surface area contributed by atoms with Gasteiger partial charge < -0.3 is 4.74 Å². The van der Waals surface area contributed by atoms with Gasteiger partial charge in [-0.05, 0) is 60.7 Å². The zero-order valence-electron chi connectivity index (χ0n) is 16.6. The molecule has 8 nitrogen and oxygen atoms in total. The van der Waals surface area contributed by atoms with Crippen LogP contribution in [-0.2, 0) is 21.4 Å². The van der Waals surface area contributed by atoms with E-state index in [0.29, 0.717) is 11.3 Å². The summed E-state index contributed by atoms with van der Waals surface area (Å²) in [6.07, 6.45) is 6.44. The number of nitrogens with zero attached hydrogens (tertiary/aromatic N) is 2. The average molecular weight is 456 g/mol. The fourth-order valence-electron chi connectivity index (χ4n) is 3.80. The van der Waals surface area contributed by atoms with Crippen LogP contribution in [0.4, 0.5) is 0 Å². The smallest absolute Gasteiger partial charge is 0.262 e. The zero-order chi connectivity index (χ0) is 20.9. The van der Waals surface area contributed by atoms with Crippen molar-refractivity contribution in [2.75, 3.05) is 7.11 Å². The number of nitrogens with one attached hydrogen (secondary N) is 1. The van der Waals surface area contributed by atoms with Crippen molar-refractivity contribution in [3.05, 3.63) is 54.4 Å². The predicted octanol–water partition coefficient (Wildman–Crippen LogP) is 2.77. The zero-order valence-corrected chi connectivity index (χ0v) is 18.2. The fraction of sp³-hybridized carbons (Fsp3) is 0.400. The Bertz CT molecular complexity index is 919. The summed E-state index contributed by atoms with van der Waals surface area (Å²) < 4.78 is 33.4. The van der Waals surface area contributed by atoms with Crippen molar-refractivity contribution in [2.24, 2.45) is 5.92 Å². The van der Waals surface area contributed by atoms with Gasteiger partial charge in [-0.15, -0.1) is 12.4 Å². The van der Waals surface area contributed by atoms with Crippen molar-refractivity contribution in [2.45, 2.75) is 43.2 Å². The van der Waals surface area contributed by atoms with Crippen LogP contribution in [0.5, 0.6) is 5.75 Å². The lowest BCUT2D eigenvalue weighted by Gasteiger charge is -2.33. The molecule has 0 bridgehead atoms. The summed E-state index contributed by atoms with van der Waals surface area (Å²) in [7, 11) is -2.53. The topological polar surface area (TPSA) is 109 Å². The van der Waals surface area contributed by atoms with Crippen LogP contribution in [0, 0.1) is 5.92 Å². The van der Waals surface area contributed by atoms with E-state index in [-0.39, 0.29) is 29.8 Å². The average Bonchev–Trinajstić information content (AvgIpc) is 3.28. The summed E-state index contributed by atoms with van der Waals surface area (Å²) in [6.45, 7) is -0.00846. The van der Waals surface area contributed by atoms with Gasteiger partial charge in [0.15, 0.2) is 0 Å². The number of carbonyl (C=O) groups is 1. The lowest BCUT2D eigenvalue weighted by atomic mass is 9.97. The molecule has 30 heavy (non-hydrogen) atoms. The number of rotatable bonds is 8. The van der Waals surface area contributed by atoms with E-state index in [0.717, 1.165) is 25.7 Å². The molecule has 1 aromatic heterocycles. The summed E-state index contributed by atoms with van der Waals surface area (Å²) >= 11 is 0. The maximum absolute atomic E-state index is 13.6. The Balaban J connectivity index is 0.00000320. The highest BCUT2D eigenvalue weighted by Gasteiger charge is 2.41. The van der Waals surface area contributed by atoms with Gasteiger partial charge in [0.1, 0.15) is 11.8 Å². The van der Waals surface area contributed by atoms with Crippen molar-refractivity contribution >= 4 is 28.3 Å². The van der Waals surface area contributed by atoms with Crippen LogP contribution in [0.15, 0.2) is 53.7 Å². The van der Waals surface area contributed by atoms with E-state index < -0.39 is 22.0 Å². The number of hydroxylamine groups is 1. The first-order valence-electron chi connectivity index (χ1n) is 9.46. The third-order valence-electron chi connectivity index (χ3n) is 5.29. The normalized spacial score (nSPS) is 15.4. The van der Waals surface area contributed by atoms with Gasteiger partial charge in [-0.2, -0.15) is 4.31 Å². The number of sulfonamides is 1. The third-order valence-corrected chi connectivity index (χ3v) is 7.13. The Morgan fingerprint density at radius 1 is 1.20 bits per heavy atom. The molecular formula is C20H26ClN3O5S.